The molecule has 0 saturated heterocycles. The van der Waals surface area contributed by atoms with Crippen LogP contribution in [-0.4, -0.2) is 49.5 Å². The number of ether oxygens (including phenoxy) is 2. The molecule has 5 N–H and O–H groups in total. The number of amides is 2. The molecule has 0 saturated carbocycles. The molecule has 1 aromatic heterocycles. The number of Topliss-reactive ketones (excluding diaryl/α,β-unsaturated/α-hetero) is 1. The van der Waals surface area contributed by atoms with Crippen molar-refractivity contribution in [2.45, 2.75) is 31.8 Å². The number of benzene rings is 3. The van der Waals surface area contributed by atoms with Gasteiger partial charge in [-0.15, -0.1) is 0 Å². The molecule has 1 heterocycles. The summed E-state index contributed by atoms with van der Waals surface area (Å²) in [5, 5.41) is 6.42. The van der Waals surface area contributed by atoms with Crippen molar-refractivity contribution in [1.82, 2.24) is 15.6 Å². The first-order valence-corrected chi connectivity index (χ1v) is 13.5. The number of rotatable bonds is 14. The number of methoxy groups -OCH3 is 1. The molecule has 0 bridgehead atoms. The van der Waals surface area contributed by atoms with E-state index in [1.807, 2.05) is 54.7 Å². The van der Waals surface area contributed by atoms with E-state index in [4.69, 9.17) is 15.2 Å². The minimum atomic E-state index is -0.917. The monoisotopic (exact) mass is 556 g/mol. The Morgan fingerprint density at radius 3 is 2.41 bits per heavy atom. The number of carbonyl (C=O) groups is 3. The van der Waals surface area contributed by atoms with Crippen molar-refractivity contribution in [1.29, 1.82) is 0 Å². The Bertz CT molecular complexity index is 1480. The smallest absolute Gasteiger partial charge is 0.224 e. The summed E-state index contributed by atoms with van der Waals surface area (Å²) < 4.78 is 11.2. The molecular formula is C32H36N4O5. The molecule has 0 spiro atoms. The molecule has 41 heavy (non-hydrogen) atoms. The van der Waals surface area contributed by atoms with E-state index in [-0.39, 0.29) is 37.0 Å². The van der Waals surface area contributed by atoms with Crippen molar-refractivity contribution in [2.24, 2.45) is 11.7 Å². The van der Waals surface area contributed by atoms with Gasteiger partial charge in [-0.1, -0.05) is 48.5 Å². The number of likely N-dealkylation sites (N-methyl/N-ethyl adjacent to an activating group) is 1. The maximum atomic E-state index is 13.5. The third kappa shape index (κ3) is 7.95. The number of carbonyl (C=O) groups excluding carboxylic acids is 3. The lowest BCUT2D eigenvalue weighted by Crippen LogP contribution is -2.51. The van der Waals surface area contributed by atoms with Crippen LogP contribution in [0.3, 0.4) is 0 Å². The molecule has 0 aliphatic heterocycles. The van der Waals surface area contributed by atoms with Crippen molar-refractivity contribution in [2.75, 3.05) is 20.8 Å². The van der Waals surface area contributed by atoms with Crippen LogP contribution in [0, 0.1) is 5.92 Å². The summed E-state index contributed by atoms with van der Waals surface area (Å²) >= 11 is 0. The molecule has 3 aromatic carbocycles. The second kappa shape index (κ2) is 14.1. The van der Waals surface area contributed by atoms with E-state index in [9.17, 15) is 14.4 Å². The summed E-state index contributed by atoms with van der Waals surface area (Å²) in [6, 6.07) is 22.4. The highest BCUT2D eigenvalue weighted by molar-refractivity contribution is 5.87. The van der Waals surface area contributed by atoms with Crippen molar-refractivity contribution < 1.29 is 23.9 Å². The van der Waals surface area contributed by atoms with Gasteiger partial charge in [0.1, 0.15) is 18.1 Å². The molecule has 2 atom stereocenters. The predicted molar refractivity (Wildman–Crippen MR) is 158 cm³/mol. The van der Waals surface area contributed by atoms with Crippen LogP contribution in [0.5, 0.6) is 11.5 Å². The van der Waals surface area contributed by atoms with E-state index in [0.29, 0.717) is 18.6 Å². The van der Waals surface area contributed by atoms with Crippen LogP contribution in [0.1, 0.15) is 23.1 Å². The van der Waals surface area contributed by atoms with Gasteiger partial charge < -0.3 is 30.8 Å². The molecule has 2 unspecified atom stereocenters. The number of fused-ring (bicyclic) bond motifs is 1. The van der Waals surface area contributed by atoms with Gasteiger partial charge in [0.2, 0.25) is 11.8 Å². The zero-order valence-electron chi connectivity index (χ0n) is 23.3. The van der Waals surface area contributed by atoms with Crippen molar-refractivity contribution >= 4 is 28.5 Å². The highest BCUT2D eigenvalue weighted by Gasteiger charge is 2.28. The number of H-pyrrole nitrogens is 1. The Kier molecular flexibility index (Phi) is 10.1. The first kappa shape index (κ1) is 29.4. The number of hydrogen-bond donors (Lipinski definition) is 4. The largest absolute Gasteiger partial charge is 0.496 e. The SMILES string of the molecule is CNC(=O)Cc1ccc(OCC(=O)C(Cc2c[nH]c3ccccc23)C(N)NC(=O)CCc2ccccc2OC)cc1. The Morgan fingerprint density at radius 1 is 0.927 bits per heavy atom. The lowest BCUT2D eigenvalue weighted by Gasteiger charge is -2.24. The summed E-state index contributed by atoms with van der Waals surface area (Å²) in [6.45, 7) is -0.216. The quantitative estimate of drug-likeness (QED) is 0.176. The van der Waals surface area contributed by atoms with E-state index in [1.54, 1.807) is 38.4 Å². The van der Waals surface area contributed by atoms with E-state index in [0.717, 1.165) is 33.3 Å². The molecule has 2 amide bonds. The van der Waals surface area contributed by atoms with Gasteiger partial charge in [0.25, 0.3) is 0 Å². The fourth-order valence-corrected chi connectivity index (χ4v) is 4.73. The molecule has 9 nitrogen and oxygen atoms in total. The van der Waals surface area contributed by atoms with Gasteiger partial charge in [0.15, 0.2) is 5.78 Å². The standard InChI is InChI=1S/C32H36N4O5/c1-34-31(39)17-21-11-14-24(15-12-21)41-20-28(37)26(18-23-19-35-27-9-5-4-8-25(23)27)32(33)36-30(38)16-13-22-7-3-6-10-29(22)40-2/h3-12,14-15,19,26,32,35H,13,16-18,20,33H2,1-2H3,(H,34,39)(H,36,38). The van der Waals surface area contributed by atoms with Gasteiger partial charge in [-0.25, -0.2) is 0 Å². The molecule has 4 aromatic rings. The minimum Gasteiger partial charge on any atom is -0.496 e. The number of nitrogens with one attached hydrogen (secondary N) is 3. The molecule has 4 rings (SSSR count). The second-order valence-corrected chi connectivity index (χ2v) is 9.82. The van der Waals surface area contributed by atoms with Gasteiger partial charge in [-0.3, -0.25) is 14.4 Å². The fourth-order valence-electron chi connectivity index (χ4n) is 4.73. The van der Waals surface area contributed by atoms with Gasteiger partial charge in [0.05, 0.1) is 25.6 Å². The average Bonchev–Trinajstić information content (AvgIpc) is 3.41. The van der Waals surface area contributed by atoms with Crippen molar-refractivity contribution in [3.8, 4) is 11.5 Å². The van der Waals surface area contributed by atoms with Crippen LogP contribution in [0.15, 0.2) is 79.0 Å². The lowest BCUT2D eigenvalue weighted by atomic mass is 9.92. The van der Waals surface area contributed by atoms with Crippen LogP contribution < -0.4 is 25.8 Å². The number of ketones is 1. The topological polar surface area (TPSA) is 136 Å². The summed E-state index contributed by atoms with van der Waals surface area (Å²) in [5.74, 6) is -0.0880. The maximum absolute atomic E-state index is 13.5. The van der Waals surface area contributed by atoms with Crippen LogP contribution in [-0.2, 0) is 33.6 Å². The Hall–Kier alpha value is -4.63. The van der Waals surface area contributed by atoms with E-state index < -0.39 is 12.1 Å². The van der Waals surface area contributed by atoms with Gasteiger partial charge >= 0.3 is 0 Å². The van der Waals surface area contributed by atoms with Crippen LogP contribution in [0.2, 0.25) is 0 Å². The Labute approximate surface area is 239 Å². The maximum Gasteiger partial charge on any atom is 0.224 e. The molecule has 9 heteroatoms. The number of aromatic amines is 1. The summed E-state index contributed by atoms with van der Waals surface area (Å²) in [5.41, 5.74) is 10.1. The number of para-hydroxylation sites is 2. The normalized spacial score (nSPS) is 12.4. The van der Waals surface area contributed by atoms with Crippen LogP contribution in [0.4, 0.5) is 0 Å². The number of aryl methyl sites for hydroxylation is 1. The van der Waals surface area contributed by atoms with Crippen molar-refractivity contribution in [3.05, 3.63) is 95.7 Å². The molecule has 0 radical (unpaired) electrons. The van der Waals surface area contributed by atoms with Crippen LogP contribution in [0.25, 0.3) is 10.9 Å². The van der Waals surface area contributed by atoms with Crippen molar-refractivity contribution in [3.63, 3.8) is 0 Å². The second-order valence-electron chi connectivity index (χ2n) is 9.82. The van der Waals surface area contributed by atoms with Crippen LogP contribution >= 0.6 is 0 Å². The minimum absolute atomic E-state index is 0.0899. The van der Waals surface area contributed by atoms with Gasteiger partial charge in [0, 0.05) is 30.6 Å². The molecule has 214 valence electrons. The Morgan fingerprint density at radius 2 is 1.66 bits per heavy atom. The number of aromatic nitrogens is 1. The lowest BCUT2D eigenvalue weighted by molar-refractivity contribution is -0.127. The molecule has 0 fully saturated rings. The molecule has 0 aliphatic rings. The third-order valence-electron chi connectivity index (χ3n) is 7.05. The average molecular weight is 557 g/mol. The summed E-state index contributed by atoms with van der Waals surface area (Å²) in [4.78, 5) is 41.2. The first-order valence-electron chi connectivity index (χ1n) is 13.5. The summed E-state index contributed by atoms with van der Waals surface area (Å²) in [6.07, 6.45) is 2.20. The van der Waals surface area contributed by atoms with Gasteiger partial charge in [-0.2, -0.15) is 0 Å². The number of nitrogens with two attached hydrogens (primary N) is 1. The molecule has 0 aliphatic carbocycles. The highest BCUT2D eigenvalue weighted by Crippen LogP contribution is 2.23. The van der Waals surface area contributed by atoms with E-state index in [2.05, 4.69) is 15.6 Å². The summed E-state index contributed by atoms with van der Waals surface area (Å²) in [7, 11) is 3.18. The Balaban J connectivity index is 1.43. The number of hydrogen-bond acceptors (Lipinski definition) is 6. The van der Waals surface area contributed by atoms with E-state index >= 15 is 0 Å². The fraction of sp³-hybridized carbons (Fsp3) is 0.281. The van der Waals surface area contributed by atoms with Gasteiger partial charge in [-0.05, 0) is 53.8 Å². The van der Waals surface area contributed by atoms with E-state index in [1.165, 1.54) is 0 Å². The molecular weight excluding hydrogens is 520 g/mol. The zero-order chi connectivity index (χ0) is 29.2. The first-order chi connectivity index (χ1) is 19.9. The third-order valence-corrected chi connectivity index (χ3v) is 7.05. The predicted octanol–water partition coefficient (Wildman–Crippen LogP) is 3.31. The zero-order valence-corrected chi connectivity index (χ0v) is 23.3. The highest BCUT2D eigenvalue weighted by atomic mass is 16.5.